The zero-order valence-corrected chi connectivity index (χ0v) is 15.8. The predicted octanol–water partition coefficient (Wildman–Crippen LogP) is 0.187. The van der Waals surface area contributed by atoms with Gasteiger partial charge in [0.15, 0.2) is 0 Å². The van der Waals surface area contributed by atoms with Crippen LogP contribution in [0.2, 0.25) is 0 Å². The van der Waals surface area contributed by atoms with Crippen LogP contribution in [0.5, 0.6) is 5.75 Å². The Kier molecular flexibility index (Phi) is 7.83. The van der Waals surface area contributed by atoms with Gasteiger partial charge in [0.1, 0.15) is 12.4 Å². The van der Waals surface area contributed by atoms with E-state index in [1.54, 1.807) is 19.2 Å². The molecule has 8 nitrogen and oxygen atoms in total. The summed E-state index contributed by atoms with van der Waals surface area (Å²) in [6.45, 7) is 2.21. The summed E-state index contributed by atoms with van der Waals surface area (Å²) in [6, 6.07) is 6.29. The Morgan fingerprint density at radius 2 is 2.04 bits per heavy atom. The molecule has 1 aliphatic heterocycles. The van der Waals surface area contributed by atoms with Crippen LogP contribution in [0.3, 0.4) is 0 Å². The van der Waals surface area contributed by atoms with E-state index in [1.807, 2.05) is 0 Å². The number of ether oxygens (including phenoxy) is 2. The third-order valence-electron chi connectivity index (χ3n) is 4.22. The molecular formula is C17H27N3O5S. The number of sulfonamides is 1. The number of piperidine rings is 1. The van der Waals surface area contributed by atoms with Gasteiger partial charge in [-0.3, -0.25) is 4.79 Å². The highest BCUT2D eigenvalue weighted by Gasteiger charge is 2.33. The van der Waals surface area contributed by atoms with E-state index in [2.05, 4.69) is 5.32 Å². The van der Waals surface area contributed by atoms with Gasteiger partial charge < -0.3 is 20.5 Å². The van der Waals surface area contributed by atoms with Gasteiger partial charge in [0, 0.05) is 33.3 Å². The fourth-order valence-corrected chi connectivity index (χ4v) is 4.34. The highest BCUT2D eigenvalue weighted by molar-refractivity contribution is 7.89. The Morgan fingerprint density at radius 1 is 1.31 bits per heavy atom. The number of hydrogen-bond donors (Lipinski definition) is 2. The van der Waals surface area contributed by atoms with E-state index < -0.39 is 10.0 Å². The van der Waals surface area contributed by atoms with E-state index in [0.29, 0.717) is 51.4 Å². The standard InChI is InChI=1S/C17H27N3O5S/c1-24-11-12-25-15-4-6-16(7-5-15)26(22,23)20-10-2-3-14(13-20)17(21)19-9-8-18/h4-7,14H,2-3,8-13,18H2,1H3,(H,19,21). The highest BCUT2D eigenvalue weighted by Crippen LogP contribution is 2.25. The molecule has 1 atom stereocenters. The summed E-state index contributed by atoms with van der Waals surface area (Å²) in [4.78, 5) is 12.3. The van der Waals surface area contributed by atoms with Crippen LogP contribution in [0.4, 0.5) is 0 Å². The van der Waals surface area contributed by atoms with Crippen molar-refractivity contribution >= 4 is 15.9 Å². The number of rotatable bonds is 9. The molecule has 0 radical (unpaired) electrons. The van der Waals surface area contributed by atoms with Crippen molar-refractivity contribution in [2.45, 2.75) is 17.7 Å². The van der Waals surface area contributed by atoms with Crippen molar-refractivity contribution in [3.8, 4) is 5.75 Å². The molecule has 0 saturated carbocycles. The number of benzene rings is 1. The highest BCUT2D eigenvalue weighted by atomic mass is 32.2. The van der Waals surface area contributed by atoms with Crippen molar-refractivity contribution in [2.24, 2.45) is 11.7 Å². The molecular weight excluding hydrogens is 358 g/mol. The fourth-order valence-electron chi connectivity index (χ4n) is 2.81. The molecule has 9 heteroatoms. The molecule has 1 aliphatic rings. The summed E-state index contributed by atoms with van der Waals surface area (Å²) < 4.78 is 37.4. The molecule has 1 heterocycles. The maximum absolute atomic E-state index is 12.9. The van der Waals surface area contributed by atoms with Crippen molar-refractivity contribution in [2.75, 3.05) is 46.5 Å². The monoisotopic (exact) mass is 385 g/mol. The normalized spacial score (nSPS) is 18.5. The molecule has 2 rings (SSSR count). The first-order chi connectivity index (χ1) is 12.5. The second-order valence-corrected chi connectivity index (χ2v) is 8.03. The number of amides is 1. The number of nitrogens with zero attached hydrogens (tertiary/aromatic N) is 1. The Morgan fingerprint density at radius 3 is 2.69 bits per heavy atom. The summed E-state index contributed by atoms with van der Waals surface area (Å²) >= 11 is 0. The van der Waals surface area contributed by atoms with E-state index in [4.69, 9.17) is 15.2 Å². The SMILES string of the molecule is COCCOc1ccc(S(=O)(=O)N2CCCC(C(=O)NCCN)C2)cc1. The van der Waals surface area contributed by atoms with Gasteiger partial charge in [-0.05, 0) is 37.1 Å². The first-order valence-corrected chi connectivity index (χ1v) is 10.1. The average molecular weight is 385 g/mol. The first kappa shape index (κ1) is 20.6. The molecule has 1 saturated heterocycles. The maximum Gasteiger partial charge on any atom is 0.243 e. The minimum absolute atomic E-state index is 0.141. The van der Waals surface area contributed by atoms with Gasteiger partial charge in [-0.15, -0.1) is 0 Å². The van der Waals surface area contributed by atoms with Crippen LogP contribution in [0.15, 0.2) is 29.2 Å². The van der Waals surface area contributed by atoms with Crippen molar-refractivity contribution < 1.29 is 22.7 Å². The first-order valence-electron chi connectivity index (χ1n) is 8.68. The molecule has 1 unspecified atom stereocenters. The van der Waals surface area contributed by atoms with Gasteiger partial charge in [0.05, 0.1) is 17.4 Å². The lowest BCUT2D eigenvalue weighted by Gasteiger charge is -2.31. The second kappa shape index (κ2) is 9.86. The zero-order valence-electron chi connectivity index (χ0n) is 15.0. The second-order valence-electron chi connectivity index (χ2n) is 6.09. The average Bonchev–Trinajstić information content (AvgIpc) is 2.67. The van der Waals surface area contributed by atoms with E-state index in [1.165, 1.54) is 16.4 Å². The largest absolute Gasteiger partial charge is 0.491 e. The zero-order chi connectivity index (χ0) is 19.0. The molecule has 1 aromatic carbocycles. The van der Waals surface area contributed by atoms with E-state index in [9.17, 15) is 13.2 Å². The van der Waals surface area contributed by atoms with Crippen molar-refractivity contribution in [1.82, 2.24) is 9.62 Å². The molecule has 1 fully saturated rings. The number of carbonyl (C=O) groups excluding carboxylic acids is 1. The smallest absolute Gasteiger partial charge is 0.243 e. The van der Waals surface area contributed by atoms with Crippen LogP contribution in [0.25, 0.3) is 0 Å². The lowest BCUT2D eigenvalue weighted by atomic mass is 9.99. The van der Waals surface area contributed by atoms with Crippen molar-refractivity contribution in [3.63, 3.8) is 0 Å². The van der Waals surface area contributed by atoms with Gasteiger partial charge >= 0.3 is 0 Å². The van der Waals surface area contributed by atoms with Crippen LogP contribution in [-0.2, 0) is 19.6 Å². The molecule has 0 bridgehead atoms. The Labute approximate surface area is 154 Å². The Balaban J connectivity index is 2.02. The van der Waals surface area contributed by atoms with Gasteiger partial charge in [-0.1, -0.05) is 0 Å². The lowest BCUT2D eigenvalue weighted by molar-refractivity contribution is -0.126. The van der Waals surface area contributed by atoms with Crippen LogP contribution >= 0.6 is 0 Å². The molecule has 0 spiro atoms. The van der Waals surface area contributed by atoms with Crippen LogP contribution in [-0.4, -0.2) is 65.1 Å². The minimum Gasteiger partial charge on any atom is -0.491 e. The number of nitrogens with two attached hydrogens (primary N) is 1. The number of methoxy groups -OCH3 is 1. The quantitative estimate of drug-likeness (QED) is 0.587. The minimum atomic E-state index is -3.64. The van der Waals surface area contributed by atoms with Crippen molar-refractivity contribution in [3.05, 3.63) is 24.3 Å². The van der Waals surface area contributed by atoms with Gasteiger partial charge in [-0.25, -0.2) is 8.42 Å². The van der Waals surface area contributed by atoms with Crippen LogP contribution in [0.1, 0.15) is 12.8 Å². The summed E-state index contributed by atoms with van der Waals surface area (Å²) in [7, 11) is -2.06. The molecule has 1 amide bonds. The van der Waals surface area contributed by atoms with Crippen molar-refractivity contribution in [1.29, 1.82) is 0 Å². The van der Waals surface area contributed by atoms with Gasteiger partial charge in [0.25, 0.3) is 0 Å². The summed E-state index contributed by atoms with van der Waals surface area (Å²) in [6.07, 6.45) is 1.33. The number of nitrogens with one attached hydrogen (secondary N) is 1. The topological polar surface area (TPSA) is 111 Å². The Bertz CT molecular complexity index is 678. The summed E-state index contributed by atoms with van der Waals surface area (Å²) in [5.74, 6) is 0.0950. The maximum atomic E-state index is 12.9. The van der Waals surface area contributed by atoms with Crippen LogP contribution in [0, 0.1) is 5.92 Å². The number of carbonyl (C=O) groups is 1. The third-order valence-corrected chi connectivity index (χ3v) is 6.10. The van der Waals surface area contributed by atoms with E-state index in [0.717, 1.165) is 0 Å². The summed E-state index contributed by atoms with van der Waals surface area (Å²) in [5, 5.41) is 2.73. The molecule has 0 aromatic heterocycles. The van der Waals surface area contributed by atoms with Crippen LogP contribution < -0.4 is 15.8 Å². The van der Waals surface area contributed by atoms with E-state index in [-0.39, 0.29) is 23.3 Å². The molecule has 26 heavy (non-hydrogen) atoms. The lowest BCUT2D eigenvalue weighted by Crippen LogP contribution is -2.46. The molecule has 0 aliphatic carbocycles. The van der Waals surface area contributed by atoms with E-state index >= 15 is 0 Å². The molecule has 146 valence electrons. The Hall–Kier alpha value is -1.68. The fraction of sp³-hybridized carbons (Fsp3) is 0.588. The third kappa shape index (κ3) is 5.41. The number of hydrogen-bond acceptors (Lipinski definition) is 6. The predicted molar refractivity (Wildman–Crippen MR) is 97.4 cm³/mol. The van der Waals surface area contributed by atoms with Gasteiger partial charge in [-0.2, -0.15) is 4.31 Å². The summed E-state index contributed by atoms with van der Waals surface area (Å²) in [5.41, 5.74) is 5.39. The molecule has 3 N–H and O–H groups in total. The molecule has 1 aromatic rings. The van der Waals surface area contributed by atoms with Gasteiger partial charge in [0.2, 0.25) is 15.9 Å².